The third-order valence-corrected chi connectivity index (χ3v) is 2.86. The first-order valence-electron chi connectivity index (χ1n) is 6.07. The first-order chi connectivity index (χ1) is 8.17. The van der Waals surface area contributed by atoms with E-state index in [4.69, 9.17) is 5.84 Å². The topological polar surface area (TPSA) is 38.0 Å². The molecule has 0 heterocycles. The molecule has 0 radical (unpaired) electrons. The Bertz CT molecular complexity index is 342. The van der Waals surface area contributed by atoms with Crippen LogP contribution in [0.4, 0.5) is 8.78 Å². The van der Waals surface area contributed by atoms with Crippen LogP contribution in [-0.2, 0) is 6.42 Å². The molecule has 1 aromatic rings. The highest BCUT2D eigenvalue weighted by Gasteiger charge is 2.09. The Morgan fingerprint density at radius 1 is 1.24 bits per heavy atom. The minimum absolute atomic E-state index is 0.117. The Labute approximate surface area is 101 Å². The van der Waals surface area contributed by atoms with E-state index >= 15 is 0 Å². The van der Waals surface area contributed by atoms with Gasteiger partial charge in [-0.15, -0.1) is 0 Å². The second kappa shape index (κ2) is 7.35. The van der Waals surface area contributed by atoms with Gasteiger partial charge >= 0.3 is 0 Å². The molecule has 0 saturated heterocycles. The number of hydrazine groups is 1. The Kier molecular flexibility index (Phi) is 6.08. The zero-order valence-electron chi connectivity index (χ0n) is 10.2. The molecule has 0 aliphatic rings. The van der Waals surface area contributed by atoms with Gasteiger partial charge in [0.15, 0.2) is 11.6 Å². The average molecular weight is 242 g/mol. The van der Waals surface area contributed by atoms with E-state index in [0.29, 0.717) is 6.42 Å². The van der Waals surface area contributed by atoms with Crippen LogP contribution < -0.4 is 11.3 Å². The predicted molar refractivity (Wildman–Crippen MR) is 65.3 cm³/mol. The Morgan fingerprint density at radius 3 is 2.59 bits per heavy atom. The molecule has 96 valence electrons. The molecule has 0 aliphatic heterocycles. The predicted octanol–water partition coefficient (Wildman–Crippen LogP) is 2.92. The summed E-state index contributed by atoms with van der Waals surface area (Å²) in [7, 11) is 0. The molecule has 2 nitrogen and oxygen atoms in total. The van der Waals surface area contributed by atoms with Crippen LogP contribution in [0.5, 0.6) is 0 Å². The molecule has 0 amide bonds. The third kappa shape index (κ3) is 4.79. The number of hydrogen-bond acceptors (Lipinski definition) is 2. The smallest absolute Gasteiger partial charge is 0.159 e. The van der Waals surface area contributed by atoms with Gasteiger partial charge in [-0.1, -0.05) is 32.3 Å². The summed E-state index contributed by atoms with van der Waals surface area (Å²) in [6.45, 7) is 2.14. The number of rotatable bonds is 7. The highest BCUT2D eigenvalue weighted by molar-refractivity contribution is 5.18. The van der Waals surface area contributed by atoms with Gasteiger partial charge in [0.2, 0.25) is 0 Å². The third-order valence-electron chi connectivity index (χ3n) is 2.86. The van der Waals surface area contributed by atoms with Gasteiger partial charge in [-0.2, -0.15) is 0 Å². The molecular weight excluding hydrogens is 222 g/mol. The summed E-state index contributed by atoms with van der Waals surface area (Å²) < 4.78 is 25.8. The van der Waals surface area contributed by atoms with Crippen molar-refractivity contribution in [1.82, 2.24) is 5.43 Å². The molecule has 0 fully saturated rings. The standard InChI is InChI=1S/C13H20F2N2/c1-2-3-4-5-11(17-16)8-10-6-7-12(14)13(15)9-10/h6-7,9,11,17H,2-5,8,16H2,1H3. The molecule has 0 aliphatic carbocycles. The maximum absolute atomic E-state index is 13.0. The minimum atomic E-state index is -0.808. The summed E-state index contributed by atoms with van der Waals surface area (Å²) >= 11 is 0. The lowest BCUT2D eigenvalue weighted by atomic mass is 10.0. The highest BCUT2D eigenvalue weighted by atomic mass is 19.2. The number of unbranched alkanes of at least 4 members (excludes halogenated alkanes) is 2. The van der Waals surface area contributed by atoms with Gasteiger partial charge in [-0.05, 0) is 30.5 Å². The molecule has 1 atom stereocenters. The van der Waals surface area contributed by atoms with Crippen molar-refractivity contribution in [1.29, 1.82) is 0 Å². The Balaban J connectivity index is 2.51. The second-order valence-corrected chi connectivity index (χ2v) is 4.31. The average Bonchev–Trinajstić information content (AvgIpc) is 2.32. The van der Waals surface area contributed by atoms with Gasteiger partial charge in [0, 0.05) is 6.04 Å². The molecule has 0 bridgehead atoms. The molecule has 1 unspecified atom stereocenters. The molecular formula is C13H20F2N2. The van der Waals surface area contributed by atoms with Crippen LogP contribution in [-0.4, -0.2) is 6.04 Å². The fourth-order valence-electron chi connectivity index (χ4n) is 1.84. The zero-order valence-corrected chi connectivity index (χ0v) is 10.2. The summed E-state index contributed by atoms with van der Waals surface area (Å²) in [5, 5.41) is 0. The van der Waals surface area contributed by atoms with Gasteiger partial charge < -0.3 is 0 Å². The largest absolute Gasteiger partial charge is 0.271 e. The SMILES string of the molecule is CCCCCC(Cc1ccc(F)c(F)c1)NN. The van der Waals surface area contributed by atoms with Gasteiger partial charge in [0.1, 0.15) is 0 Å². The summed E-state index contributed by atoms with van der Waals surface area (Å²) in [4.78, 5) is 0. The zero-order chi connectivity index (χ0) is 12.7. The lowest BCUT2D eigenvalue weighted by molar-refractivity contribution is 0.463. The summed E-state index contributed by atoms with van der Waals surface area (Å²) in [5.41, 5.74) is 3.49. The Morgan fingerprint density at radius 2 is 2.00 bits per heavy atom. The number of nitrogens with two attached hydrogens (primary N) is 1. The van der Waals surface area contributed by atoms with Crippen LogP contribution in [0.15, 0.2) is 18.2 Å². The minimum Gasteiger partial charge on any atom is -0.271 e. The van der Waals surface area contributed by atoms with Crippen LogP contribution >= 0.6 is 0 Å². The van der Waals surface area contributed by atoms with Crippen molar-refractivity contribution < 1.29 is 8.78 Å². The lowest BCUT2D eigenvalue weighted by Crippen LogP contribution is -2.36. The maximum Gasteiger partial charge on any atom is 0.159 e. The fraction of sp³-hybridized carbons (Fsp3) is 0.538. The van der Waals surface area contributed by atoms with Crippen molar-refractivity contribution in [3.63, 3.8) is 0 Å². The molecule has 0 saturated carbocycles. The van der Waals surface area contributed by atoms with Gasteiger partial charge in [-0.3, -0.25) is 11.3 Å². The van der Waals surface area contributed by atoms with E-state index in [9.17, 15) is 8.78 Å². The molecule has 1 rings (SSSR count). The number of benzene rings is 1. The van der Waals surface area contributed by atoms with Crippen molar-refractivity contribution >= 4 is 0 Å². The van der Waals surface area contributed by atoms with Crippen LogP contribution in [0.3, 0.4) is 0 Å². The van der Waals surface area contributed by atoms with Gasteiger partial charge in [-0.25, -0.2) is 8.78 Å². The molecule has 3 N–H and O–H groups in total. The van der Waals surface area contributed by atoms with E-state index in [-0.39, 0.29) is 6.04 Å². The monoisotopic (exact) mass is 242 g/mol. The molecule has 0 aromatic heterocycles. The number of halogens is 2. The first-order valence-corrected chi connectivity index (χ1v) is 6.07. The fourth-order valence-corrected chi connectivity index (χ4v) is 1.84. The summed E-state index contributed by atoms with van der Waals surface area (Å²) in [6, 6.07) is 4.11. The van der Waals surface area contributed by atoms with Gasteiger partial charge in [0.25, 0.3) is 0 Å². The number of nitrogens with one attached hydrogen (secondary N) is 1. The van der Waals surface area contributed by atoms with Crippen molar-refractivity contribution in [3.8, 4) is 0 Å². The van der Waals surface area contributed by atoms with E-state index < -0.39 is 11.6 Å². The normalized spacial score (nSPS) is 12.7. The highest BCUT2D eigenvalue weighted by Crippen LogP contribution is 2.13. The molecule has 4 heteroatoms. The summed E-state index contributed by atoms with van der Waals surface area (Å²) in [6.07, 6.45) is 4.98. The summed E-state index contributed by atoms with van der Waals surface area (Å²) in [5.74, 6) is 3.85. The quantitative estimate of drug-likeness (QED) is 0.438. The maximum atomic E-state index is 13.0. The van der Waals surface area contributed by atoms with E-state index in [1.54, 1.807) is 6.07 Å². The van der Waals surface area contributed by atoms with Crippen LogP contribution in [0.25, 0.3) is 0 Å². The van der Waals surface area contributed by atoms with Crippen molar-refractivity contribution in [2.75, 3.05) is 0 Å². The lowest BCUT2D eigenvalue weighted by Gasteiger charge is -2.15. The van der Waals surface area contributed by atoms with Crippen LogP contribution in [0.1, 0.15) is 38.2 Å². The van der Waals surface area contributed by atoms with Crippen LogP contribution in [0.2, 0.25) is 0 Å². The van der Waals surface area contributed by atoms with E-state index in [1.165, 1.54) is 6.07 Å². The second-order valence-electron chi connectivity index (χ2n) is 4.31. The Hall–Kier alpha value is -1.00. The van der Waals surface area contributed by atoms with Crippen molar-refractivity contribution in [2.24, 2.45) is 5.84 Å². The molecule has 0 spiro atoms. The van der Waals surface area contributed by atoms with E-state index in [2.05, 4.69) is 12.3 Å². The van der Waals surface area contributed by atoms with Gasteiger partial charge in [0.05, 0.1) is 0 Å². The first kappa shape index (κ1) is 14.1. The van der Waals surface area contributed by atoms with E-state index in [0.717, 1.165) is 37.3 Å². The number of hydrogen-bond donors (Lipinski definition) is 2. The molecule has 1 aromatic carbocycles. The van der Waals surface area contributed by atoms with E-state index in [1.807, 2.05) is 0 Å². The van der Waals surface area contributed by atoms with Crippen molar-refractivity contribution in [3.05, 3.63) is 35.4 Å². The molecule has 17 heavy (non-hydrogen) atoms. The van der Waals surface area contributed by atoms with Crippen molar-refractivity contribution in [2.45, 2.75) is 45.1 Å². The van der Waals surface area contributed by atoms with Crippen LogP contribution in [0, 0.1) is 11.6 Å².